The van der Waals surface area contributed by atoms with Crippen molar-refractivity contribution in [3.05, 3.63) is 200 Å². The SMILES string of the molecule is c1ccc(-c2ccc(-c3nc(-c4ccccc4)nc(-c4cc5ccc6cccc7c8cccc9ccc%10cccc(c(c4)c5c67)c%10c98)n3)c(-c3ccccc3)c2)cc1. The molecule has 0 amide bonds. The van der Waals surface area contributed by atoms with E-state index in [9.17, 15) is 0 Å². The molecule has 12 aromatic rings. The van der Waals surface area contributed by atoms with Crippen molar-refractivity contribution in [2.24, 2.45) is 0 Å². The molecule has 0 N–H and O–H groups in total. The van der Waals surface area contributed by atoms with Crippen molar-refractivity contribution in [3.63, 3.8) is 0 Å². The Kier molecular flexibility index (Phi) is 7.23. The average Bonchev–Trinajstić information content (AvgIpc) is 3.30. The molecular weight excluding hydrogens is 703 g/mol. The van der Waals surface area contributed by atoms with Gasteiger partial charge in [0.1, 0.15) is 0 Å². The zero-order valence-electron chi connectivity index (χ0n) is 31.4. The normalized spacial score (nSPS) is 11.8. The Bertz CT molecular complexity index is 3540. The largest absolute Gasteiger partial charge is 0.208 e. The topological polar surface area (TPSA) is 38.7 Å². The molecule has 268 valence electrons. The van der Waals surface area contributed by atoms with Crippen LogP contribution in [0.25, 0.3) is 121 Å². The van der Waals surface area contributed by atoms with E-state index < -0.39 is 0 Å². The van der Waals surface area contributed by atoms with Crippen LogP contribution in [0.15, 0.2) is 200 Å². The second-order valence-corrected chi connectivity index (χ2v) is 15.1. The minimum absolute atomic E-state index is 0.631. The zero-order valence-corrected chi connectivity index (χ0v) is 31.4. The van der Waals surface area contributed by atoms with Crippen molar-refractivity contribution in [1.82, 2.24) is 15.0 Å². The molecule has 58 heavy (non-hydrogen) atoms. The van der Waals surface area contributed by atoms with Gasteiger partial charge in [-0.25, -0.2) is 15.0 Å². The molecule has 0 bridgehead atoms. The molecule has 3 heteroatoms. The summed E-state index contributed by atoms with van der Waals surface area (Å²) in [6, 6.07) is 71.7. The van der Waals surface area contributed by atoms with E-state index in [1.165, 1.54) is 59.2 Å². The minimum atomic E-state index is 0.631. The number of rotatable bonds is 5. The summed E-state index contributed by atoms with van der Waals surface area (Å²) >= 11 is 0. The van der Waals surface area contributed by atoms with Gasteiger partial charge < -0.3 is 0 Å². The first-order chi connectivity index (χ1) is 28.7. The van der Waals surface area contributed by atoms with E-state index in [4.69, 9.17) is 15.0 Å². The van der Waals surface area contributed by atoms with Crippen LogP contribution in [-0.2, 0) is 0 Å². The van der Waals surface area contributed by atoms with Crippen LogP contribution in [0.1, 0.15) is 0 Å². The highest BCUT2D eigenvalue weighted by Gasteiger charge is 2.20. The predicted molar refractivity (Wildman–Crippen MR) is 243 cm³/mol. The summed E-state index contributed by atoms with van der Waals surface area (Å²) in [6.45, 7) is 0. The van der Waals surface area contributed by atoms with Crippen molar-refractivity contribution in [2.45, 2.75) is 0 Å². The molecule has 0 aliphatic heterocycles. The highest BCUT2D eigenvalue weighted by Crippen LogP contribution is 2.44. The van der Waals surface area contributed by atoms with Crippen LogP contribution >= 0.6 is 0 Å². The summed E-state index contributed by atoms with van der Waals surface area (Å²) in [5.41, 5.74) is 7.30. The molecule has 0 aliphatic carbocycles. The van der Waals surface area contributed by atoms with Gasteiger partial charge in [0.2, 0.25) is 0 Å². The molecule has 1 aromatic heterocycles. The third-order valence-electron chi connectivity index (χ3n) is 11.8. The first kappa shape index (κ1) is 32.5. The van der Waals surface area contributed by atoms with Gasteiger partial charge in [0.05, 0.1) is 0 Å². The molecule has 0 saturated carbocycles. The van der Waals surface area contributed by atoms with Crippen LogP contribution < -0.4 is 0 Å². The van der Waals surface area contributed by atoms with Gasteiger partial charge in [-0.1, -0.05) is 176 Å². The smallest absolute Gasteiger partial charge is 0.164 e. The van der Waals surface area contributed by atoms with E-state index in [-0.39, 0.29) is 0 Å². The Morgan fingerprint density at radius 2 is 0.690 bits per heavy atom. The molecule has 12 rings (SSSR count). The maximum atomic E-state index is 5.39. The van der Waals surface area contributed by atoms with Crippen LogP contribution in [0.4, 0.5) is 0 Å². The number of benzene rings is 10. The molecule has 0 spiro atoms. The van der Waals surface area contributed by atoms with E-state index in [2.05, 4.69) is 182 Å². The molecule has 3 nitrogen and oxygen atoms in total. The molecule has 1 heterocycles. The first-order valence-electron chi connectivity index (χ1n) is 19.8. The lowest BCUT2D eigenvalue weighted by Gasteiger charge is -2.17. The van der Waals surface area contributed by atoms with E-state index in [1.54, 1.807) is 0 Å². The lowest BCUT2D eigenvalue weighted by atomic mass is 9.87. The van der Waals surface area contributed by atoms with E-state index in [0.29, 0.717) is 17.5 Å². The van der Waals surface area contributed by atoms with Crippen LogP contribution in [0.2, 0.25) is 0 Å². The molecule has 0 unspecified atom stereocenters. The van der Waals surface area contributed by atoms with Crippen molar-refractivity contribution < 1.29 is 0 Å². The summed E-state index contributed by atoms with van der Waals surface area (Å²) in [5.74, 6) is 1.90. The summed E-state index contributed by atoms with van der Waals surface area (Å²) in [7, 11) is 0. The number of hydrogen-bond acceptors (Lipinski definition) is 3. The molecule has 0 radical (unpaired) electrons. The highest BCUT2D eigenvalue weighted by atomic mass is 15.0. The standard InChI is InChI=1S/C55H33N3/c1-4-13-34(14-5-1)40-29-30-46(47(32-40)35-15-6-2-7-16-35)55-57-53(39-17-8-3-9-18-39)56-54(58-55)42-31-41-28-27-38-20-11-23-44-43-22-10-19-36-25-26-37-21-12-24-45(51(37)49(36)43)48(33-42)52(41)50(38)44/h1-33H. The molecule has 11 aromatic carbocycles. The Hall–Kier alpha value is -7.75. The molecular formula is C55H33N3. The zero-order chi connectivity index (χ0) is 38.2. The number of fused-ring (bicyclic) bond motifs is 2. The van der Waals surface area contributed by atoms with Crippen LogP contribution in [0.5, 0.6) is 0 Å². The van der Waals surface area contributed by atoms with E-state index in [1.807, 2.05) is 18.2 Å². The van der Waals surface area contributed by atoms with Gasteiger partial charge in [-0.3, -0.25) is 0 Å². The van der Waals surface area contributed by atoms with Crippen LogP contribution in [0.3, 0.4) is 0 Å². The van der Waals surface area contributed by atoms with E-state index in [0.717, 1.165) is 44.3 Å². The fourth-order valence-corrected chi connectivity index (χ4v) is 9.16. The Morgan fingerprint density at radius 3 is 1.28 bits per heavy atom. The second-order valence-electron chi connectivity index (χ2n) is 15.1. The van der Waals surface area contributed by atoms with Gasteiger partial charge in [0.15, 0.2) is 17.5 Å². The number of hydrogen-bond donors (Lipinski definition) is 0. The summed E-state index contributed by atoms with van der Waals surface area (Å²) in [4.78, 5) is 15.9. The second kappa shape index (κ2) is 12.9. The predicted octanol–water partition coefficient (Wildman–Crippen LogP) is 14.6. The highest BCUT2D eigenvalue weighted by molar-refractivity contribution is 6.37. The molecule has 0 fully saturated rings. The molecule has 0 saturated heterocycles. The van der Waals surface area contributed by atoms with Gasteiger partial charge in [0, 0.05) is 16.7 Å². The third-order valence-corrected chi connectivity index (χ3v) is 11.8. The average molecular weight is 736 g/mol. The summed E-state index contributed by atoms with van der Waals surface area (Å²) in [5, 5.41) is 14.8. The lowest BCUT2D eigenvalue weighted by molar-refractivity contribution is 1.08. The molecule has 0 atom stereocenters. The van der Waals surface area contributed by atoms with Crippen LogP contribution in [-0.4, -0.2) is 15.0 Å². The number of aromatic nitrogens is 3. The fraction of sp³-hybridized carbons (Fsp3) is 0. The third kappa shape index (κ3) is 5.11. The quantitative estimate of drug-likeness (QED) is 0.165. The van der Waals surface area contributed by atoms with Crippen molar-refractivity contribution in [1.29, 1.82) is 0 Å². The van der Waals surface area contributed by atoms with Crippen molar-refractivity contribution in [2.75, 3.05) is 0 Å². The Labute approximate surface area is 334 Å². The Balaban J connectivity index is 1.18. The van der Waals surface area contributed by atoms with Gasteiger partial charge in [-0.15, -0.1) is 0 Å². The van der Waals surface area contributed by atoms with E-state index >= 15 is 0 Å². The maximum absolute atomic E-state index is 5.39. The Morgan fingerprint density at radius 1 is 0.224 bits per heavy atom. The first-order valence-corrected chi connectivity index (χ1v) is 19.8. The number of nitrogens with zero attached hydrogens (tertiary/aromatic N) is 3. The van der Waals surface area contributed by atoms with Gasteiger partial charge in [-0.2, -0.15) is 0 Å². The minimum Gasteiger partial charge on any atom is -0.208 e. The van der Waals surface area contributed by atoms with Crippen molar-refractivity contribution >= 4 is 64.6 Å². The van der Waals surface area contributed by atoms with Gasteiger partial charge in [-0.05, 0) is 111 Å². The van der Waals surface area contributed by atoms with Crippen LogP contribution in [0, 0.1) is 0 Å². The molecule has 0 aliphatic rings. The summed E-state index contributed by atoms with van der Waals surface area (Å²) in [6.07, 6.45) is 0. The summed E-state index contributed by atoms with van der Waals surface area (Å²) < 4.78 is 0. The maximum Gasteiger partial charge on any atom is 0.164 e. The fourth-order valence-electron chi connectivity index (χ4n) is 9.16. The van der Waals surface area contributed by atoms with Gasteiger partial charge >= 0.3 is 0 Å². The van der Waals surface area contributed by atoms with Gasteiger partial charge in [0.25, 0.3) is 0 Å². The lowest BCUT2D eigenvalue weighted by Crippen LogP contribution is -2.01. The van der Waals surface area contributed by atoms with Crippen molar-refractivity contribution in [3.8, 4) is 56.4 Å². The monoisotopic (exact) mass is 735 g/mol.